The van der Waals surface area contributed by atoms with E-state index in [9.17, 15) is 0 Å². The molecule has 0 aliphatic heterocycles. The van der Waals surface area contributed by atoms with E-state index in [1.54, 1.807) is 0 Å². The topological polar surface area (TPSA) is 9.86 Å². The third-order valence-electron chi connectivity index (χ3n) is 13.7. The summed E-state index contributed by atoms with van der Waals surface area (Å²) in [5.74, 6) is 0.587. The van der Waals surface area contributed by atoms with Crippen molar-refractivity contribution < 1.29 is 6.85 Å². The van der Waals surface area contributed by atoms with E-state index in [1.165, 1.54) is 70.2 Å². The summed E-state index contributed by atoms with van der Waals surface area (Å²) in [4.78, 5) is 0. The maximum absolute atomic E-state index is 8.76. The second-order valence-electron chi connectivity index (χ2n) is 17.1. The monoisotopic (exact) mass is 813 g/mol. The first-order valence-electron chi connectivity index (χ1n) is 24.8. The van der Waals surface area contributed by atoms with Gasteiger partial charge in [0.2, 0.25) is 0 Å². The summed E-state index contributed by atoms with van der Waals surface area (Å²) in [6, 6.07) is 68.0. The van der Waals surface area contributed by atoms with Crippen LogP contribution < -0.4 is 0 Å². The summed E-state index contributed by atoms with van der Waals surface area (Å²) in [5, 5.41) is 4.90. The third-order valence-corrected chi connectivity index (χ3v) is 13.7. The Morgan fingerprint density at radius 3 is 1.73 bits per heavy atom. The molecule has 0 amide bonds. The molecule has 0 N–H and O–H groups in total. The van der Waals surface area contributed by atoms with Crippen LogP contribution in [0.1, 0.15) is 72.7 Å². The van der Waals surface area contributed by atoms with Crippen LogP contribution in [-0.2, 0) is 5.41 Å². The van der Waals surface area contributed by atoms with E-state index in [-0.39, 0.29) is 29.7 Å². The first-order valence-corrected chi connectivity index (χ1v) is 22.3. The standard InChI is InChI=1S/C61H48N2/c1-5-19-43(20-6-1)45-35-38-49(39-36-45)61(47-23-9-3-10-24-47,48-25-11-4-12-26-48)50-27-17-28-51(42-50)62-56-32-16-14-30-54(56)60-57(62)33-18-34-58(60)63-55-31-15-13-29-52(55)53-40-37-46(41-59(53)63)44-21-7-2-8-22-44/h1,3-6,9-20,23-42,44H,2,7-8,21-22H2/i1D,5D,6D,19D,20D. The van der Waals surface area contributed by atoms with Gasteiger partial charge in [0.15, 0.2) is 0 Å². The van der Waals surface area contributed by atoms with Crippen LogP contribution in [0.15, 0.2) is 224 Å². The van der Waals surface area contributed by atoms with Crippen molar-refractivity contribution in [3.63, 3.8) is 0 Å². The van der Waals surface area contributed by atoms with E-state index >= 15 is 0 Å². The van der Waals surface area contributed by atoms with E-state index < -0.39 is 11.5 Å². The number of para-hydroxylation sites is 2. The maximum atomic E-state index is 8.76. The molecule has 2 heteroatoms. The highest BCUT2D eigenvalue weighted by molar-refractivity contribution is 6.16. The number of rotatable bonds is 8. The molecule has 0 spiro atoms. The van der Waals surface area contributed by atoms with Gasteiger partial charge in [0, 0.05) is 27.2 Å². The Balaban J connectivity index is 1.09. The van der Waals surface area contributed by atoms with Gasteiger partial charge in [0.25, 0.3) is 0 Å². The van der Waals surface area contributed by atoms with Gasteiger partial charge < -0.3 is 9.13 Å². The molecule has 9 aromatic carbocycles. The van der Waals surface area contributed by atoms with E-state index in [0.29, 0.717) is 11.5 Å². The first-order chi connectivity index (χ1) is 33.3. The molecule has 0 radical (unpaired) electrons. The second kappa shape index (κ2) is 15.5. The Bertz CT molecular complexity index is 3650. The summed E-state index contributed by atoms with van der Waals surface area (Å²) >= 11 is 0. The lowest BCUT2D eigenvalue weighted by atomic mass is 9.65. The van der Waals surface area contributed by atoms with Gasteiger partial charge in [-0.1, -0.05) is 201 Å². The molecule has 1 aliphatic rings. The van der Waals surface area contributed by atoms with Gasteiger partial charge in [-0.3, -0.25) is 0 Å². The van der Waals surface area contributed by atoms with Crippen LogP contribution in [-0.4, -0.2) is 9.13 Å². The molecule has 0 atom stereocenters. The molecular weight excluding hydrogens is 761 g/mol. The van der Waals surface area contributed by atoms with Crippen molar-refractivity contribution in [3.8, 4) is 22.5 Å². The van der Waals surface area contributed by atoms with Crippen LogP contribution in [0.3, 0.4) is 0 Å². The van der Waals surface area contributed by atoms with Gasteiger partial charge in [0.1, 0.15) is 0 Å². The Kier molecular flexibility index (Phi) is 7.94. The van der Waals surface area contributed by atoms with Crippen LogP contribution in [0.2, 0.25) is 0 Å². The average molecular weight is 814 g/mol. The molecular formula is C61H48N2. The van der Waals surface area contributed by atoms with Crippen molar-refractivity contribution in [2.24, 2.45) is 0 Å². The summed E-state index contributed by atoms with van der Waals surface area (Å²) in [7, 11) is 0. The maximum Gasteiger partial charge on any atom is 0.0702 e. The first kappa shape index (κ1) is 32.3. The molecule has 2 aromatic heterocycles. The molecule has 0 unspecified atom stereocenters. The highest BCUT2D eigenvalue weighted by Crippen LogP contribution is 2.47. The number of benzene rings is 9. The average Bonchev–Trinajstić information content (AvgIpc) is 3.92. The van der Waals surface area contributed by atoms with Crippen molar-refractivity contribution in [1.29, 1.82) is 0 Å². The van der Waals surface area contributed by atoms with Gasteiger partial charge in [-0.05, 0) is 100 Å². The van der Waals surface area contributed by atoms with E-state index in [2.05, 4.69) is 179 Å². The molecule has 63 heavy (non-hydrogen) atoms. The fourth-order valence-corrected chi connectivity index (χ4v) is 10.9. The Morgan fingerprint density at radius 1 is 0.413 bits per heavy atom. The molecule has 0 bridgehead atoms. The fourth-order valence-electron chi connectivity index (χ4n) is 10.9. The zero-order valence-corrected chi connectivity index (χ0v) is 35.0. The van der Waals surface area contributed by atoms with Crippen molar-refractivity contribution in [2.45, 2.75) is 43.4 Å². The number of fused-ring (bicyclic) bond motifs is 6. The zero-order valence-electron chi connectivity index (χ0n) is 40.0. The quantitative estimate of drug-likeness (QED) is 0.135. The van der Waals surface area contributed by atoms with Crippen LogP contribution in [0, 0.1) is 0 Å². The largest absolute Gasteiger partial charge is 0.309 e. The highest BCUT2D eigenvalue weighted by atomic mass is 15.0. The van der Waals surface area contributed by atoms with E-state index in [0.717, 1.165) is 44.7 Å². The summed E-state index contributed by atoms with van der Waals surface area (Å²) in [5.41, 5.74) is 12.4. The Hall–Kier alpha value is -7.42. The van der Waals surface area contributed by atoms with Gasteiger partial charge in [-0.25, -0.2) is 0 Å². The number of aromatic nitrogens is 2. The Labute approximate surface area is 376 Å². The van der Waals surface area contributed by atoms with Crippen molar-refractivity contribution in [1.82, 2.24) is 9.13 Å². The summed E-state index contributed by atoms with van der Waals surface area (Å²) in [6.07, 6.45) is 6.41. The second-order valence-corrected chi connectivity index (χ2v) is 17.1. The smallest absolute Gasteiger partial charge is 0.0702 e. The number of hydrogen-bond donors (Lipinski definition) is 0. The minimum absolute atomic E-state index is 0.186. The fraction of sp³-hybridized carbons (Fsp3) is 0.115. The highest BCUT2D eigenvalue weighted by Gasteiger charge is 2.38. The molecule has 1 fully saturated rings. The summed E-state index contributed by atoms with van der Waals surface area (Å²) in [6.45, 7) is 0. The number of nitrogens with zero attached hydrogens (tertiary/aromatic N) is 2. The minimum Gasteiger partial charge on any atom is -0.309 e. The molecule has 302 valence electrons. The molecule has 1 aliphatic carbocycles. The third kappa shape index (κ3) is 6.08. The molecule has 2 heterocycles. The van der Waals surface area contributed by atoms with Crippen molar-refractivity contribution in [2.75, 3.05) is 0 Å². The Morgan fingerprint density at radius 2 is 1.00 bits per heavy atom. The van der Waals surface area contributed by atoms with Crippen molar-refractivity contribution >= 4 is 43.6 Å². The number of hydrogen-bond acceptors (Lipinski definition) is 0. The molecule has 11 aromatic rings. The SMILES string of the molecule is [2H]c1c([2H])c([2H])c(-c2ccc(C(c3ccccc3)(c3ccccc3)c3cccc(-n4c5ccccc5c5c(-n6c7ccccc7c7ccc(C8CCCCC8)cc76)cccc54)c3)cc2)c([2H])c1[2H]. The molecule has 12 rings (SSSR count). The molecule has 2 nitrogen and oxygen atoms in total. The van der Waals surface area contributed by atoms with Gasteiger partial charge in [-0.15, -0.1) is 0 Å². The molecule has 1 saturated carbocycles. The van der Waals surface area contributed by atoms with Gasteiger partial charge in [0.05, 0.1) is 40.0 Å². The van der Waals surface area contributed by atoms with E-state index in [4.69, 9.17) is 6.85 Å². The van der Waals surface area contributed by atoms with Crippen LogP contribution in [0.25, 0.3) is 66.1 Å². The van der Waals surface area contributed by atoms with Gasteiger partial charge in [-0.2, -0.15) is 0 Å². The lowest BCUT2D eigenvalue weighted by Gasteiger charge is -2.37. The van der Waals surface area contributed by atoms with Crippen LogP contribution in [0.5, 0.6) is 0 Å². The molecule has 0 saturated heterocycles. The minimum atomic E-state index is -0.820. The summed E-state index contributed by atoms with van der Waals surface area (Å²) < 4.78 is 47.4. The lowest BCUT2D eigenvalue weighted by Crippen LogP contribution is -2.31. The predicted molar refractivity (Wildman–Crippen MR) is 265 cm³/mol. The zero-order chi connectivity index (χ0) is 46.1. The van der Waals surface area contributed by atoms with Crippen molar-refractivity contribution in [3.05, 3.63) is 252 Å². The normalized spacial score (nSPS) is 14.8. The lowest BCUT2D eigenvalue weighted by molar-refractivity contribution is 0.444. The van der Waals surface area contributed by atoms with Crippen LogP contribution >= 0.6 is 0 Å². The predicted octanol–water partition coefficient (Wildman–Crippen LogP) is 16.0. The van der Waals surface area contributed by atoms with Gasteiger partial charge >= 0.3 is 0 Å². The van der Waals surface area contributed by atoms with Crippen LogP contribution in [0.4, 0.5) is 0 Å². The van der Waals surface area contributed by atoms with E-state index in [1.807, 2.05) is 24.3 Å².